The van der Waals surface area contributed by atoms with Crippen molar-refractivity contribution in [2.24, 2.45) is 5.92 Å². The van der Waals surface area contributed by atoms with E-state index in [9.17, 15) is 10.1 Å². The summed E-state index contributed by atoms with van der Waals surface area (Å²) >= 11 is 1.07. The maximum atomic E-state index is 11.4. The fourth-order valence-corrected chi connectivity index (χ4v) is 5.22. The van der Waals surface area contributed by atoms with Gasteiger partial charge in [0.05, 0.1) is 18.7 Å². The van der Waals surface area contributed by atoms with Crippen LogP contribution < -0.4 is 4.74 Å². The largest absolute Gasteiger partial charge is 0.487 e. The molecule has 1 saturated heterocycles. The lowest BCUT2D eigenvalue weighted by molar-refractivity contribution is -0.384. The highest BCUT2D eigenvalue weighted by molar-refractivity contribution is 7.22. The third-order valence-corrected chi connectivity index (χ3v) is 6.65. The number of rotatable bonds is 8. The molecule has 1 aliphatic rings. The van der Waals surface area contributed by atoms with E-state index in [1.54, 1.807) is 0 Å². The van der Waals surface area contributed by atoms with Gasteiger partial charge in [0.25, 0.3) is 0 Å². The molecule has 0 aliphatic carbocycles. The molecule has 31 heavy (non-hydrogen) atoms. The summed E-state index contributed by atoms with van der Waals surface area (Å²) in [5, 5.41) is 11.3. The van der Waals surface area contributed by atoms with E-state index in [4.69, 9.17) is 14.5 Å². The van der Waals surface area contributed by atoms with Gasteiger partial charge < -0.3 is 24.2 Å². The van der Waals surface area contributed by atoms with Gasteiger partial charge in [-0.15, -0.1) is 0 Å². The highest BCUT2D eigenvalue weighted by atomic mass is 32.1. The van der Waals surface area contributed by atoms with E-state index in [1.165, 1.54) is 0 Å². The molecule has 1 unspecified atom stereocenters. The van der Waals surface area contributed by atoms with E-state index in [0.717, 1.165) is 67.5 Å². The molecule has 1 aromatic carbocycles. The molecule has 1 atom stereocenters. The minimum absolute atomic E-state index is 0.136. The van der Waals surface area contributed by atoms with Gasteiger partial charge in [0.1, 0.15) is 22.6 Å². The highest BCUT2D eigenvalue weighted by Crippen LogP contribution is 2.40. The van der Waals surface area contributed by atoms with Crippen LogP contribution in [-0.2, 0) is 4.74 Å². The lowest BCUT2D eigenvalue weighted by Crippen LogP contribution is -2.38. The van der Waals surface area contributed by atoms with Crippen molar-refractivity contribution >= 4 is 37.7 Å². The average Bonchev–Trinajstić information content (AvgIpc) is 3.29. The second kappa shape index (κ2) is 9.05. The zero-order valence-corrected chi connectivity index (χ0v) is 19.3. The molecule has 2 aromatic heterocycles. The lowest BCUT2D eigenvalue weighted by atomic mass is 10.0. The van der Waals surface area contributed by atoms with E-state index in [2.05, 4.69) is 35.2 Å². The Morgan fingerprint density at radius 3 is 2.68 bits per heavy atom. The van der Waals surface area contributed by atoms with Gasteiger partial charge in [-0.2, -0.15) is 0 Å². The van der Waals surface area contributed by atoms with Gasteiger partial charge in [-0.25, -0.2) is 4.98 Å². The van der Waals surface area contributed by atoms with Crippen molar-refractivity contribution < 1.29 is 14.4 Å². The monoisotopic (exact) mass is 447 g/mol. The first-order valence-electron chi connectivity index (χ1n) is 10.7. The van der Waals surface area contributed by atoms with Crippen molar-refractivity contribution in [2.45, 2.75) is 40.2 Å². The Morgan fingerprint density at radius 1 is 1.26 bits per heavy atom. The molecule has 0 radical (unpaired) electrons. The first kappa shape index (κ1) is 21.9. The number of aryl methyl sites for hydroxylation is 1. The molecule has 1 fully saturated rings. The first-order chi connectivity index (χ1) is 14.8. The summed E-state index contributed by atoms with van der Waals surface area (Å²) in [5.41, 5.74) is 2.22. The number of morpholine rings is 1. The van der Waals surface area contributed by atoms with Gasteiger partial charge >= 0.3 is 5.13 Å². The third kappa shape index (κ3) is 4.51. The van der Waals surface area contributed by atoms with Crippen LogP contribution in [0.5, 0.6) is 5.75 Å². The number of nitrogens with zero attached hydrogens (tertiary/aromatic N) is 5. The van der Waals surface area contributed by atoms with Crippen LogP contribution in [0.4, 0.5) is 5.13 Å². The number of aromatic nitrogens is 3. The van der Waals surface area contributed by atoms with Crippen LogP contribution in [0.3, 0.4) is 0 Å². The van der Waals surface area contributed by atoms with Crippen LogP contribution in [0, 0.1) is 23.0 Å². The van der Waals surface area contributed by atoms with Crippen LogP contribution in [0.25, 0.3) is 21.3 Å². The van der Waals surface area contributed by atoms with Gasteiger partial charge in [-0.1, -0.05) is 13.8 Å². The van der Waals surface area contributed by atoms with Crippen molar-refractivity contribution in [3.05, 3.63) is 22.0 Å². The summed E-state index contributed by atoms with van der Waals surface area (Å²) in [5.74, 6) is 2.02. The zero-order chi connectivity index (χ0) is 22.1. The summed E-state index contributed by atoms with van der Waals surface area (Å²) in [7, 11) is 0. The predicted molar refractivity (Wildman–Crippen MR) is 121 cm³/mol. The van der Waals surface area contributed by atoms with Gasteiger partial charge in [0.2, 0.25) is 5.52 Å². The molecule has 0 spiro atoms. The van der Waals surface area contributed by atoms with Crippen molar-refractivity contribution in [3.63, 3.8) is 0 Å². The maximum Gasteiger partial charge on any atom is 0.424 e. The molecule has 0 saturated carbocycles. The number of hydrogen-bond acceptors (Lipinski definition) is 8. The van der Waals surface area contributed by atoms with Gasteiger partial charge in [-0.05, 0) is 47.4 Å². The predicted octanol–water partition coefficient (Wildman–Crippen LogP) is 4.18. The topological polar surface area (TPSA) is 95.6 Å². The summed E-state index contributed by atoms with van der Waals surface area (Å²) in [4.78, 5) is 22.3. The molecule has 0 N–H and O–H groups in total. The number of fused-ring (bicyclic) bond motifs is 3. The third-order valence-electron chi connectivity index (χ3n) is 5.63. The fourth-order valence-electron chi connectivity index (χ4n) is 4.34. The van der Waals surface area contributed by atoms with E-state index < -0.39 is 4.92 Å². The van der Waals surface area contributed by atoms with Crippen molar-refractivity contribution in [1.82, 2.24) is 19.4 Å². The fraction of sp³-hybridized carbons (Fsp3) is 0.619. The molecule has 0 bridgehead atoms. The second-order valence-electron chi connectivity index (χ2n) is 8.48. The minimum atomic E-state index is -0.445. The number of ether oxygens (including phenoxy) is 2. The zero-order valence-electron chi connectivity index (χ0n) is 18.5. The molecular weight excluding hydrogens is 418 g/mol. The number of benzene rings is 1. The van der Waals surface area contributed by atoms with Crippen LogP contribution in [0.15, 0.2) is 6.07 Å². The number of imidazole rings is 1. The first-order valence-corrected chi connectivity index (χ1v) is 11.6. The molecule has 3 heterocycles. The number of nitro groups is 1. The van der Waals surface area contributed by atoms with Crippen LogP contribution in [0.2, 0.25) is 0 Å². The maximum absolute atomic E-state index is 11.4. The van der Waals surface area contributed by atoms with Crippen molar-refractivity contribution in [1.29, 1.82) is 0 Å². The molecule has 168 valence electrons. The Morgan fingerprint density at radius 2 is 2.00 bits per heavy atom. The summed E-state index contributed by atoms with van der Waals surface area (Å²) in [6, 6.07) is 2.21. The summed E-state index contributed by atoms with van der Waals surface area (Å²) in [6.07, 6.45) is 1.01. The number of thiazole rings is 1. The van der Waals surface area contributed by atoms with E-state index >= 15 is 0 Å². The Labute approximate surface area is 185 Å². The van der Waals surface area contributed by atoms with E-state index in [0.29, 0.717) is 28.5 Å². The Hall–Kier alpha value is -2.30. The Balaban J connectivity index is 1.73. The molecule has 10 heteroatoms. The van der Waals surface area contributed by atoms with Gasteiger partial charge in [-0.3, -0.25) is 4.90 Å². The van der Waals surface area contributed by atoms with E-state index in [-0.39, 0.29) is 11.2 Å². The SMILES string of the molecule is Cc1nc2c3sc([N+](=O)[O-])nc3c(OCCN3CCOCC3)cc2n1C(C)CC(C)C. The van der Waals surface area contributed by atoms with Crippen LogP contribution >= 0.6 is 11.3 Å². The van der Waals surface area contributed by atoms with Crippen LogP contribution in [0.1, 0.15) is 39.1 Å². The Bertz CT molecular complexity index is 1090. The van der Waals surface area contributed by atoms with Crippen LogP contribution in [-0.4, -0.2) is 63.8 Å². The molecule has 4 rings (SSSR count). The molecule has 9 nitrogen and oxygen atoms in total. The minimum Gasteiger partial charge on any atom is -0.487 e. The molecule has 1 aliphatic heterocycles. The van der Waals surface area contributed by atoms with E-state index in [1.807, 2.05) is 13.0 Å². The standard InChI is InChI=1S/C21H29N5O4S/c1-13(2)11-14(3)25-15(4)22-18-16(25)12-17(19-20(18)31-21(23-19)26(27)28)30-10-7-24-5-8-29-9-6-24/h12-14H,5-11H2,1-4H3. The molecule has 0 amide bonds. The number of hydrogen-bond donors (Lipinski definition) is 0. The van der Waals surface area contributed by atoms with Crippen molar-refractivity contribution in [3.8, 4) is 5.75 Å². The molecular formula is C21H29N5O4S. The summed E-state index contributed by atoms with van der Waals surface area (Å²) in [6.45, 7) is 13.1. The Kier molecular flexibility index (Phi) is 6.40. The summed E-state index contributed by atoms with van der Waals surface area (Å²) < 4.78 is 14.5. The highest BCUT2D eigenvalue weighted by Gasteiger charge is 2.26. The van der Waals surface area contributed by atoms with Gasteiger partial charge in [0, 0.05) is 31.7 Å². The average molecular weight is 448 g/mol. The smallest absolute Gasteiger partial charge is 0.424 e. The van der Waals surface area contributed by atoms with Crippen molar-refractivity contribution in [2.75, 3.05) is 39.5 Å². The normalized spacial score (nSPS) is 16.4. The second-order valence-corrected chi connectivity index (χ2v) is 9.46. The molecule has 3 aromatic rings. The van der Waals surface area contributed by atoms with Gasteiger partial charge in [0.15, 0.2) is 5.75 Å². The lowest BCUT2D eigenvalue weighted by Gasteiger charge is -2.26. The quantitative estimate of drug-likeness (QED) is 0.377.